The van der Waals surface area contributed by atoms with Crippen LogP contribution in [-0.2, 0) is 31.6 Å². The van der Waals surface area contributed by atoms with E-state index in [1.54, 1.807) is 0 Å². The van der Waals surface area contributed by atoms with E-state index in [2.05, 4.69) is 38.1 Å². The number of nitrogens with zero attached hydrogens (tertiary/aromatic N) is 2. The first-order valence-electron chi connectivity index (χ1n) is 12.8. The Bertz CT molecular complexity index is 1470. The van der Waals surface area contributed by atoms with Gasteiger partial charge in [0.05, 0.1) is 17.5 Å². The van der Waals surface area contributed by atoms with Crippen LogP contribution in [0.4, 0.5) is 5.82 Å². The van der Waals surface area contributed by atoms with Crippen molar-refractivity contribution in [2.75, 3.05) is 12.3 Å². The van der Waals surface area contributed by atoms with Gasteiger partial charge in [-0.3, -0.25) is 18.2 Å². The van der Waals surface area contributed by atoms with Gasteiger partial charge in [-0.15, -0.1) is 0 Å². The van der Waals surface area contributed by atoms with E-state index in [0.29, 0.717) is 0 Å². The van der Waals surface area contributed by atoms with E-state index in [1.807, 2.05) is 0 Å². The molecule has 0 aromatic carbocycles. The van der Waals surface area contributed by atoms with Crippen LogP contribution in [0.25, 0.3) is 0 Å². The van der Waals surface area contributed by atoms with E-state index in [0.717, 1.165) is 0 Å². The Balaban J connectivity index is 0.00000968. The summed E-state index contributed by atoms with van der Waals surface area (Å²) in [6.07, 6.45) is -19.0. The fourth-order valence-electron chi connectivity index (χ4n) is 1.44. The van der Waals surface area contributed by atoms with Crippen LogP contribution >= 0.6 is 23.5 Å². The predicted octanol–water partition coefficient (Wildman–Crippen LogP) is -9.47. The first kappa shape index (κ1) is 15.2. The molecule has 1 aliphatic rings. The Morgan fingerprint density at radius 2 is 2.06 bits per heavy atom. The van der Waals surface area contributed by atoms with Gasteiger partial charge in [-0.05, 0) is 6.04 Å². The Hall–Kier alpha value is 0.970. The average Bonchev–Trinajstić information content (AvgIpc) is 3.01. The molecule has 166 valence electrons. The number of nitrogens with two attached hydrogens (primary N) is 1. The second-order valence-corrected chi connectivity index (χ2v) is 8.56. The summed E-state index contributed by atoms with van der Waals surface area (Å²) in [5, 5.41) is 7.80. The third kappa shape index (κ3) is 9.62. The van der Waals surface area contributed by atoms with Crippen molar-refractivity contribution in [2.24, 2.45) is 0 Å². The number of ether oxygens (including phenoxy) is 1. The molecule has 0 radical (unpaired) electrons. The van der Waals surface area contributed by atoms with Gasteiger partial charge in [-0.2, -0.15) is 4.98 Å². The molecule has 1 aromatic rings. The van der Waals surface area contributed by atoms with Gasteiger partial charge in [-0.1, -0.05) is 0 Å². The quantitative estimate of drug-likeness (QED) is 0.114. The number of anilines is 1. The van der Waals surface area contributed by atoms with Gasteiger partial charge < -0.3 is 40.3 Å². The van der Waals surface area contributed by atoms with Crippen molar-refractivity contribution < 1.29 is 134 Å². The zero-order chi connectivity index (χ0) is 33.8. The molecular formula is C9H14N3Na2O14P3. The van der Waals surface area contributed by atoms with E-state index >= 15 is 0 Å². The molecule has 1 aromatic heterocycles. The van der Waals surface area contributed by atoms with Gasteiger partial charge in [0.2, 0.25) is 5.72 Å². The minimum Gasteiger partial charge on any atom is -0.756 e. The summed E-state index contributed by atoms with van der Waals surface area (Å²) in [5.41, 5.74) is -2.46. The molecule has 31 heavy (non-hydrogen) atoms. The minimum absolute atomic E-state index is 0. The van der Waals surface area contributed by atoms with Crippen molar-refractivity contribution in [1.82, 2.24) is 9.55 Å². The number of aliphatic hydroxyl groups is 2. The van der Waals surface area contributed by atoms with Crippen molar-refractivity contribution in [2.45, 2.75) is 24.4 Å². The maximum absolute atomic E-state index is 12.7. The van der Waals surface area contributed by atoms with Gasteiger partial charge in [0.15, 0.2) is 9.03 Å². The van der Waals surface area contributed by atoms with Gasteiger partial charge in [-0.25, -0.2) is 18.0 Å². The molecular weight excluding hydrogens is 513 g/mol. The SMILES string of the molecule is [2H]OC1([2H])[C@@]([2H])(C([2H])([2H])OP(=O)(O[2H])OP(=O)([O-])OP(=O)([O-])O[2H])O[C@@]([2H])(n2c([2H])c([2H])c(N([2H])[2H])nc2=O)[C@]1([2H])O[2H].[Na+].[Na+]. The zero-order valence-electron chi connectivity index (χ0n) is 28.9. The fraction of sp³-hybridized carbons (Fsp3) is 0.556. The van der Waals surface area contributed by atoms with Crippen molar-refractivity contribution in [3.63, 3.8) is 0 Å². The third-order valence-electron chi connectivity index (χ3n) is 2.33. The molecule has 1 fully saturated rings. The number of phosphoric acid groups is 3. The fourth-order valence-corrected chi connectivity index (χ4v) is 4.11. The molecule has 0 bridgehead atoms. The second kappa shape index (κ2) is 12.1. The summed E-state index contributed by atoms with van der Waals surface area (Å²) < 4.78 is 158. The third-order valence-corrected chi connectivity index (χ3v) is 5.85. The molecule has 1 aliphatic heterocycles. The number of hydrogen-bond acceptors (Lipinski definition) is 16. The van der Waals surface area contributed by atoms with Crippen LogP contribution in [0.2, 0.25) is 2.82 Å². The molecule has 6 N–H and O–H groups in total. The van der Waals surface area contributed by atoms with Crippen molar-refractivity contribution in [3.05, 3.63) is 22.7 Å². The van der Waals surface area contributed by atoms with Crippen LogP contribution < -0.4 is 80.3 Å². The van der Waals surface area contributed by atoms with Crippen LogP contribution in [0.3, 0.4) is 0 Å². The van der Waals surface area contributed by atoms with Crippen LogP contribution in [0.5, 0.6) is 0 Å². The molecule has 17 nitrogen and oxygen atoms in total. The van der Waals surface area contributed by atoms with E-state index in [9.17, 15) is 28.3 Å². The molecule has 2 rings (SSSR count). The van der Waals surface area contributed by atoms with Crippen molar-refractivity contribution >= 4 is 29.3 Å². The first-order chi connectivity index (χ1) is 19.2. The average molecular weight is 541 g/mol. The Morgan fingerprint density at radius 3 is 2.65 bits per heavy atom. The predicted molar refractivity (Wildman–Crippen MR) is 84.2 cm³/mol. The van der Waals surface area contributed by atoms with E-state index in [-0.39, 0.29) is 59.1 Å². The number of aromatic nitrogens is 2. The molecule has 0 spiro atoms. The van der Waals surface area contributed by atoms with Crippen molar-refractivity contribution in [1.29, 1.82) is 5.72 Å². The van der Waals surface area contributed by atoms with Crippen molar-refractivity contribution in [3.8, 4) is 0 Å². The molecule has 0 saturated carbocycles. The van der Waals surface area contributed by atoms with E-state index in [4.69, 9.17) is 24.3 Å². The number of phosphoric ester groups is 1. The normalized spacial score (nSPS) is 45.1. The van der Waals surface area contributed by atoms with Crippen LogP contribution in [0, 0.1) is 0 Å². The topological polar surface area (TPSA) is 276 Å². The van der Waals surface area contributed by atoms with E-state index < -0.39 is 88.5 Å². The van der Waals surface area contributed by atoms with Crippen LogP contribution in [-0.4, -0.2) is 60.1 Å². The molecule has 22 heteroatoms. The summed E-state index contributed by atoms with van der Waals surface area (Å²) in [4.78, 5) is 44.9. The van der Waals surface area contributed by atoms with Gasteiger partial charge in [0.25, 0.3) is 15.6 Å². The van der Waals surface area contributed by atoms with Gasteiger partial charge in [0.1, 0.15) is 24.1 Å². The second-order valence-electron chi connectivity index (χ2n) is 4.38. The van der Waals surface area contributed by atoms with Crippen LogP contribution in [0.1, 0.15) is 17.2 Å². The van der Waals surface area contributed by atoms with Crippen LogP contribution in [0.15, 0.2) is 17.0 Å². The summed E-state index contributed by atoms with van der Waals surface area (Å²) >= 11 is 0. The van der Waals surface area contributed by atoms with Gasteiger partial charge in [0, 0.05) is 6.17 Å². The molecule has 1 saturated heterocycles. The number of nitrogen functional groups attached to an aromatic ring is 1. The summed E-state index contributed by atoms with van der Waals surface area (Å²) in [6, 6.07) is -1.35. The number of hydrogen-bond donors (Lipinski definition) is 5. The maximum atomic E-state index is 12.7. The van der Waals surface area contributed by atoms with Gasteiger partial charge >= 0.3 is 72.6 Å². The largest absolute Gasteiger partial charge is 1.00 e. The zero-order valence-corrected chi connectivity index (χ0v) is 21.6. The Kier molecular flexibility index (Phi) is 5.91. The Labute approximate surface area is 237 Å². The molecule has 7 atom stereocenters. The molecule has 4 unspecified atom stereocenters. The first-order valence-corrected chi connectivity index (χ1v) is 10.6. The van der Waals surface area contributed by atoms with E-state index in [1.165, 1.54) is 0 Å². The molecule has 0 amide bonds. The minimum atomic E-state index is -6.63. The summed E-state index contributed by atoms with van der Waals surface area (Å²) in [6.45, 7) is -4.67. The smallest absolute Gasteiger partial charge is 0.756 e. The number of rotatable bonds is 13. The molecule has 2 heterocycles. The summed E-state index contributed by atoms with van der Waals surface area (Å²) in [7, 11) is -19.2. The monoisotopic (exact) mass is 541 g/mol. The molecule has 0 aliphatic carbocycles. The maximum Gasteiger partial charge on any atom is 1.00 e. The standard InChI is InChI=1S/C9H16N3O14P3.2Na/c10-5-1-2-12(9(15)11-5)8-7(14)6(13)4(24-8)3-23-28(19,20)26-29(21,22)25-27(16,17)18;;/h1-2,4,6-8,13-14H,3H2,(H,19,20)(H,21,22)(H2,10,11,15)(H2,16,17,18);;/q;2*+1/p-2/t4-,6?,7-,8-;;/m1../s1/i1D,2D,3D2,4D,6D,7D,8D,13D,14D;;/hD4. The summed E-state index contributed by atoms with van der Waals surface area (Å²) in [5.74, 6) is -1.17. The Morgan fingerprint density at radius 1 is 1.35 bits per heavy atom.